The summed E-state index contributed by atoms with van der Waals surface area (Å²) >= 11 is 5.97. The zero-order valence-electron chi connectivity index (χ0n) is 9.96. The molecule has 88 valence electrons. The van der Waals surface area contributed by atoms with E-state index in [1.165, 1.54) is 11.3 Å². The Kier molecular flexibility index (Phi) is 3.13. The molecule has 0 aliphatic carbocycles. The van der Waals surface area contributed by atoms with Crippen LogP contribution in [0.5, 0.6) is 0 Å². The van der Waals surface area contributed by atoms with Crippen molar-refractivity contribution in [2.75, 3.05) is 18.0 Å². The average molecular weight is 239 g/mol. The monoisotopic (exact) mass is 238 g/mol. The summed E-state index contributed by atoms with van der Waals surface area (Å²) in [6, 6.07) is 6.06. The summed E-state index contributed by atoms with van der Waals surface area (Å²) in [6.07, 6.45) is 2.27. The molecule has 2 nitrogen and oxygen atoms in total. The number of rotatable bonds is 1. The van der Waals surface area contributed by atoms with Crippen LogP contribution in [-0.2, 0) is 0 Å². The summed E-state index contributed by atoms with van der Waals surface area (Å²) in [5.41, 5.74) is 8.64. The number of aryl methyl sites for hydroxylation is 1. The number of halogens is 1. The van der Waals surface area contributed by atoms with Crippen molar-refractivity contribution in [1.82, 2.24) is 0 Å². The minimum Gasteiger partial charge on any atom is -0.369 e. The topological polar surface area (TPSA) is 29.3 Å². The Hall–Kier alpha value is -0.730. The van der Waals surface area contributed by atoms with Crippen LogP contribution >= 0.6 is 11.6 Å². The molecule has 0 saturated carbocycles. The molecule has 0 aromatic heterocycles. The standard InChI is InChI=1S/C13H19ClN2/c1-10-8-11(14)4-5-12(10)16-7-3-6-13(2,15)9-16/h4-5,8H,3,6-7,9,15H2,1-2H3. The SMILES string of the molecule is Cc1cc(Cl)ccc1N1CCCC(C)(N)C1. The maximum absolute atomic E-state index is 6.22. The quantitative estimate of drug-likeness (QED) is 0.815. The first-order chi connectivity index (χ1) is 7.48. The summed E-state index contributed by atoms with van der Waals surface area (Å²) < 4.78 is 0. The van der Waals surface area contributed by atoms with E-state index < -0.39 is 0 Å². The Morgan fingerprint density at radius 1 is 1.44 bits per heavy atom. The number of benzene rings is 1. The highest BCUT2D eigenvalue weighted by molar-refractivity contribution is 6.30. The van der Waals surface area contributed by atoms with E-state index in [-0.39, 0.29) is 5.54 Å². The molecule has 0 radical (unpaired) electrons. The third-order valence-corrected chi connectivity index (χ3v) is 3.46. The molecule has 3 heteroatoms. The van der Waals surface area contributed by atoms with Crippen LogP contribution in [0.2, 0.25) is 5.02 Å². The van der Waals surface area contributed by atoms with E-state index in [2.05, 4.69) is 24.8 Å². The van der Waals surface area contributed by atoms with E-state index >= 15 is 0 Å². The minimum absolute atomic E-state index is 0.0652. The van der Waals surface area contributed by atoms with E-state index in [0.29, 0.717) is 0 Å². The lowest BCUT2D eigenvalue weighted by atomic mass is 9.92. The van der Waals surface area contributed by atoms with E-state index in [1.54, 1.807) is 0 Å². The molecule has 1 fully saturated rings. The van der Waals surface area contributed by atoms with Gasteiger partial charge in [-0.15, -0.1) is 0 Å². The molecule has 1 aliphatic heterocycles. The Morgan fingerprint density at radius 3 is 2.81 bits per heavy atom. The van der Waals surface area contributed by atoms with Crippen molar-refractivity contribution in [2.24, 2.45) is 5.73 Å². The van der Waals surface area contributed by atoms with Crippen molar-refractivity contribution in [1.29, 1.82) is 0 Å². The predicted octanol–water partition coefficient (Wildman–Crippen LogP) is 2.97. The fourth-order valence-corrected chi connectivity index (χ4v) is 2.67. The molecule has 2 rings (SSSR count). The van der Waals surface area contributed by atoms with Crippen molar-refractivity contribution < 1.29 is 0 Å². The largest absolute Gasteiger partial charge is 0.369 e. The normalized spacial score (nSPS) is 25.9. The zero-order chi connectivity index (χ0) is 11.8. The second-order valence-corrected chi connectivity index (χ2v) is 5.55. The van der Waals surface area contributed by atoms with Crippen LogP contribution in [0, 0.1) is 6.92 Å². The number of hydrogen-bond donors (Lipinski definition) is 1. The molecule has 0 amide bonds. The molecule has 0 bridgehead atoms. The van der Waals surface area contributed by atoms with Gasteiger partial charge in [-0.3, -0.25) is 0 Å². The molecule has 16 heavy (non-hydrogen) atoms. The molecular weight excluding hydrogens is 220 g/mol. The van der Waals surface area contributed by atoms with Gasteiger partial charge in [-0.25, -0.2) is 0 Å². The number of piperidine rings is 1. The summed E-state index contributed by atoms with van der Waals surface area (Å²) in [4.78, 5) is 2.37. The second kappa shape index (κ2) is 4.27. The zero-order valence-corrected chi connectivity index (χ0v) is 10.7. The van der Waals surface area contributed by atoms with Crippen molar-refractivity contribution in [3.05, 3.63) is 28.8 Å². The summed E-state index contributed by atoms with van der Waals surface area (Å²) in [5.74, 6) is 0. The first kappa shape index (κ1) is 11.7. The minimum atomic E-state index is -0.0652. The van der Waals surface area contributed by atoms with E-state index in [4.69, 9.17) is 17.3 Å². The fraction of sp³-hybridized carbons (Fsp3) is 0.538. The average Bonchev–Trinajstić information content (AvgIpc) is 2.15. The fourth-order valence-electron chi connectivity index (χ4n) is 2.45. The lowest BCUT2D eigenvalue weighted by molar-refractivity contribution is 0.374. The Morgan fingerprint density at radius 2 is 2.19 bits per heavy atom. The molecule has 2 N–H and O–H groups in total. The molecular formula is C13H19ClN2. The summed E-state index contributed by atoms with van der Waals surface area (Å²) in [6.45, 7) is 6.25. The number of nitrogens with two attached hydrogens (primary N) is 1. The first-order valence-corrected chi connectivity index (χ1v) is 6.16. The van der Waals surface area contributed by atoms with Crippen LogP contribution in [0.25, 0.3) is 0 Å². The molecule has 1 heterocycles. The maximum Gasteiger partial charge on any atom is 0.0410 e. The Labute approximate surface area is 102 Å². The number of nitrogens with zero attached hydrogens (tertiary/aromatic N) is 1. The molecule has 1 atom stereocenters. The van der Waals surface area contributed by atoms with Gasteiger partial charge in [0.1, 0.15) is 0 Å². The van der Waals surface area contributed by atoms with Gasteiger partial charge in [-0.2, -0.15) is 0 Å². The highest BCUT2D eigenvalue weighted by Gasteiger charge is 2.27. The lowest BCUT2D eigenvalue weighted by Gasteiger charge is -2.39. The van der Waals surface area contributed by atoms with Crippen LogP contribution in [0.4, 0.5) is 5.69 Å². The van der Waals surface area contributed by atoms with Gasteiger partial charge >= 0.3 is 0 Å². The Balaban J connectivity index is 2.23. The van der Waals surface area contributed by atoms with Crippen LogP contribution < -0.4 is 10.6 Å². The van der Waals surface area contributed by atoms with Crippen LogP contribution in [-0.4, -0.2) is 18.6 Å². The molecule has 0 spiro atoms. The van der Waals surface area contributed by atoms with Gasteiger partial charge in [0.05, 0.1) is 0 Å². The summed E-state index contributed by atoms with van der Waals surface area (Å²) in [7, 11) is 0. The van der Waals surface area contributed by atoms with Gasteiger partial charge in [0.25, 0.3) is 0 Å². The molecule has 1 saturated heterocycles. The van der Waals surface area contributed by atoms with Gasteiger partial charge in [0, 0.05) is 29.3 Å². The van der Waals surface area contributed by atoms with Gasteiger partial charge in [0.2, 0.25) is 0 Å². The molecule has 1 aromatic carbocycles. The van der Waals surface area contributed by atoms with E-state index in [0.717, 1.165) is 31.0 Å². The van der Waals surface area contributed by atoms with Crippen molar-refractivity contribution in [2.45, 2.75) is 32.2 Å². The van der Waals surface area contributed by atoms with Crippen molar-refractivity contribution >= 4 is 17.3 Å². The first-order valence-electron chi connectivity index (χ1n) is 5.78. The number of hydrogen-bond acceptors (Lipinski definition) is 2. The molecule has 1 aromatic rings. The Bertz CT molecular complexity index is 388. The highest BCUT2D eigenvalue weighted by atomic mass is 35.5. The van der Waals surface area contributed by atoms with Gasteiger partial charge in [-0.05, 0) is 50.5 Å². The van der Waals surface area contributed by atoms with Crippen LogP contribution in [0.15, 0.2) is 18.2 Å². The van der Waals surface area contributed by atoms with Gasteiger partial charge < -0.3 is 10.6 Å². The third kappa shape index (κ3) is 2.50. The predicted molar refractivity (Wildman–Crippen MR) is 70.2 cm³/mol. The second-order valence-electron chi connectivity index (χ2n) is 5.11. The smallest absolute Gasteiger partial charge is 0.0410 e. The van der Waals surface area contributed by atoms with Crippen LogP contribution in [0.3, 0.4) is 0 Å². The molecule has 1 unspecified atom stereocenters. The maximum atomic E-state index is 6.22. The van der Waals surface area contributed by atoms with Crippen molar-refractivity contribution in [3.8, 4) is 0 Å². The summed E-state index contributed by atoms with van der Waals surface area (Å²) in [5, 5.41) is 0.800. The molecule has 1 aliphatic rings. The van der Waals surface area contributed by atoms with Crippen LogP contribution in [0.1, 0.15) is 25.3 Å². The lowest BCUT2D eigenvalue weighted by Crippen LogP contribution is -2.52. The van der Waals surface area contributed by atoms with Gasteiger partial charge in [-0.1, -0.05) is 11.6 Å². The highest BCUT2D eigenvalue weighted by Crippen LogP contribution is 2.28. The van der Waals surface area contributed by atoms with Crippen molar-refractivity contribution in [3.63, 3.8) is 0 Å². The van der Waals surface area contributed by atoms with E-state index in [1.807, 2.05) is 12.1 Å². The number of anilines is 1. The van der Waals surface area contributed by atoms with E-state index in [9.17, 15) is 0 Å². The van der Waals surface area contributed by atoms with Gasteiger partial charge in [0.15, 0.2) is 0 Å². The third-order valence-electron chi connectivity index (χ3n) is 3.23.